The Kier molecular flexibility index (Phi) is 5.27. The van der Waals surface area contributed by atoms with E-state index in [0.29, 0.717) is 34.8 Å². The van der Waals surface area contributed by atoms with Gasteiger partial charge in [0.15, 0.2) is 11.2 Å². The molecule has 5 rings (SSSR count). The molecule has 0 bridgehead atoms. The molecule has 11 heteroatoms. The van der Waals surface area contributed by atoms with Crippen LogP contribution in [0.3, 0.4) is 0 Å². The van der Waals surface area contributed by atoms with Gasteiger partial charge in [0.25, 0.3) is 0 Å². The maximum absolute atomic E-state index is 12.0. The fourth-order valence-electron chi connectivity index (χ4n) is 3.72. The molecule has 4 aromatic rings. The Labute approximate surface area is 193 Å². The van der Waals surface area contributed by atoms with E-state index >= 15 is 0 Å². The molecule has 1 amide bonds. The lowest BCUT2D eigenvalue weighted by Crippen LogP contribution is -2.36. The van der Waals surface area contributed by atoms with Crippen molar-refractivity contribution < 1.29 is 9.59 Å². The summed E-state index contributed by atoms with van der Waals surface area (Å²) in [6.07, 6.45) is 3.52. The molecule has 4 heterocycles. The second kappa shape index (κ2) is 8.11. The lowest BCUT2D eigenvalue weighted by molar-refractivity contribution is -0.113. The summed E-state index contributed by atoms with van der Waals surface area (Å²) in [4.78, 5) is 34.7. The number of nitrogens with two attached hydrogens (primary N) is 1. The molecule has 2 atom stereocenters. The van der Waals surface area contributed by atoms with Crippen LogP contribution in [0.2, 0.25) is 0 Å². The Hall–Kier alpha value is -3.10. The normalized spacial score (nSPS) is 17.2. The van der Waals surface area contributed by atoms with Gasteiger partial charge in [0.2, 0.25) is 5.65 Å². The van der Waals surface area contributed by atoms with E-state index in [4.69, 9.17) is 10.7 Å². The van der Waals surface area contributed by atoms with Crippen molar-refractivity contribution in [2.75, 3.05) is 24.1 Å². The lowest BCUT2D eigenvalue weighted by atomic mass is 10.1. The number of amides is 1. The van der Waals surface area contributed by atoms with Crippen LogP contribution in [0.15, 0.2) is 47.2 Å². The molecule has 0 saturated carbocycles. The standard InChI is InChI=1S/C21H19BrN7O2P/c1-11-20(30)32-21(31)28(11)7-6-24-18-16(22)17(23)29-19(27-18)14(10-26-29)13-8-12-4-2-3-5-15(12)25-9-13/h2-5,8-11,32H,6-7,23H2,1H3,(H,24,27). The number of nitrogen functional groups attached to an aromatic ring is 1. The van der Waals surface area contributed by atoms with E-state index in [1.165, 1.54) is 0 Å². The quantitative estimate of drug-likeness (QED) is 0.391. The van der Waals surface area contributed by atoms with Crippen molar-refractivity contribution >= 4 is 63.9 Å². The average Bonchev–Trinajstić information content (AvgIpc) is 3.32. The molecule has 1 aliphatic heterocycles. The number of halogens is 1. The molecule has 0 spiro atoms. The van der Waals surface area contributed by atoms with Crippen molar-refractivity contribution in [3.63, 3.8) is 0 Å². The predicted octanol–water partition coefficient (Wildman–Crippen LogP) is 3.73. The second-order valence-corrected chi connectivity index (χ2v) is 9.42. The lowest BCUT2D eigenvalue weighted by Gasteiger charge is -2.20. The van der Waals surface area contributed by atoms with Gasteiger partial charge in [-0.1, -0.05) is 18.2 Å². The number of nitrogens with zero attached hydrogens (tertiary/aromatic N) is 5. The van der Waals surface area contributed by atoms with Gasteiger partial charge in [0.1, 0.15) is 16.1 Å². The van der Waals surface area contributed by atoms with E-state index in [1.54, 1.807) is 28.7 Å². The van der Waals surface area contributed by atoms with Crippen LogP contribution < -0.4 is 11.1 Å². The minimum atomic E-state index is -0.381. The SMILES string of the molecule is CC1C(=O)PC(=O)N1CCNc1nc2c(-c3cnc4ccccc4c3)cnn2c(N)c1Br. The van der Waals surface area contributed by atoms with Crippen LogP contribution in [-0.2, 0) is 4.79 Å². The third-order valence-corrected chi connectivity index (χ3v) is 7.45. The van der Waals surface area contributed by atoms with Crippen LogP contribution >= 0.6 is 24.5 Å². The van der Waals surface area contributed by atoms with Crippen molar-refractivity contribution in [2.24, 2.45) is 0 Å². The number of hydrogen-bond donors (Lipinski definition) is 2. The number of carbonyl (C=O) groups is 2. The first kappa shape index (κ1) is 20.8. The summed E-state index contributed by atoms with van der Waals surface area (Å²) in [5, 5.41) is 8.65. The summed E-state index contributed by atoms with van der Waals surface area (Å²) in [5.74, 6) is 0.943. The molecule has 0 aliphatic carbocycles. The highest BCUT2D eigenvalue weighted by Gasteiger charge is 2.34. The zero-order valence-corrected chi connectivity index (χ0v) is 19.6. The number of hydrogen-bond acceptors (Lipinski definition) is 7. The minimum absolute atomic E-state index is 0.0205. The van der Waals surface area contributed by atoms with Crippen LogP contribution in [-0.4, -0.2) is 54.8 Å². The Morgan fingerprint density at radius 1 is 1.25 bits per heavy atom. The Morgan fingerprint density at radius 3 is 2.84 bits per heavy atom. The first-order valence-electron chi connectivity index (χ1n) is 9.97. The third kappa shape index (κ3) is 3.49. The van der Waals surface area contributed by atoms with Gasteiger partial charge >= 0.3 is 0 Å². The number of aromatic nitrogens is 4. The van der Waals surface area contributed by atoms with Crippen LogP contribution in [0.4, 0.5) is 16.4 Å². The zero-order valence-electron chi connectivity index (χ0n) is 17.0. The van der Waals surface area contributed by atoms with Gasteiger partial charge in [-0.15, -0.1) is 0 Å². The zero-order chi connectivity index (χ0) is 22.4. The molecule has 0 radical (unpaired) electrons. The summed E-state index contributed by atoms with van der Waals surface area (Å²) in [7, 11) is -0.286. The summed E-state index contributed by atoms with van der Waals surface area (Å²) in [6.45, 7) is 2.59. The Balaban J connectivity index is 1.46. The molecule has 3 aromatic heterocycles. The van der Waals surface area contributed by atoms with Gasteiger partial charge < -0.3 is 16.0 Å². The highest BCUT2D eigenvalue weighted by Crippen LogP contribution is 2.33. The van der Waals surface area contributed by atoms with Crippen molar-refractivity contribution in [3.8, 4) is 11.1 Å². The fraction of sp³-hybridized carbons (Fsp3) is 0.190. The van der Waals surface area contributed by atoms with E-state index in [2.05, 4.69) is 31.3 Å². The highest BCUT2D eigenvalue weighted by molar-refractivity contribution is 9.10. The molecule has 2 unspecified atom stereocenters. The molecule has 1 aromatic carbocycles. The van der Waals surface area contributed by atoms with Gasteiger partial charge in [-0.3, -0.25) is 14.6 Å². The minimum Gasteiger partial charge on any atom is -0.383 e. The van der Waals surface area contributed by atoms with Gasteiger partial charge in [0, 0.05) is 44.4 Å². The van der Waals surface area contributed by atoms with Crippen molar-refractivity contribution in [2.45, 2.75) is 13.0 Å². The maximum Gasteiger partial charge on any atom is 0.248 e. The van der Waals surface area contributed by atoms with E-state index in [9.17, 15) is 9.59 Å². The molecule has 1 saturated heterocycles. The molecule has 1 fully saturated rings. The average molecular weight is 512 g/mol. The molecule has 32 heavy (non-hydrogen) atoms. The number of benzene rings is 1. The van der Waals surface area contributed by atoms with Crippen LogP contribution in [0, 0.1) is 0 Å². The van der Waals surface area contributed by atoms with Crippen LogP contribution in [0.1, 0.15) is 6.92 Å². The number of pyridine rings is 1. The molecular weight excluding hydrogens is 493 g/mol. The first-order chi connectivity index (χ1) is 15.4. The summed E-state index contributed by atoms with van der Waals surface area (Å²) < 4.78 is 2.15. The summed E-state index contributed by atoms with van der Waals surface area (Å²) in [6, 6.07) is 9.56. The Bertz CT molecular complexity index is 1390. The number of nitrogens with one attached hydrogen (secondary N) is 1. The maximum atomic E-state index is 12.0. The van der Waals surface area contributed by atoms with Crippen molar-refractivity contribution in [1.29, 1.82) is 0 Å². The van der Waals surface area contributed by atoms with Gasteiger partial charge in [0.05, 0.1) is 17.8 Å². The number of para-hydroxylation sites is 1. The summed E-state index contributed by atoms with van der Waals surface area (Å²) >= 11 is 3.49. The Morgan fingerprint density at radius 2 is 2.06 bits per heavy atom. The molecular formula is C21H19BrN7O2P. The first-order valence-corrected chi connectivity index (χ1v) is 11.8. The van der Waals surface area contributed by atoms with Crippen molar-refractivity contribution in [1.82, 2.24) is 24.5 Å². The molecule has 162 valence electrons. The third-order valence-electron chi connectivity index (χ3n) is 5.51. The topological polar surface area (TPSA) is 119 Å². The van der Waals surface area contributed by atoms with E-state index in [0.717, 1.165) is 22.0 Å². The van der Waals surface area contributed by atoms with Crippen LogP contribution in [0.5, 0.6) is 0 Å². The second-order valence-electron chi connectivity index (χ2n) is 7.46. The number of fused-ring (bicyclic) bond motifs is 2. The van der Waals surface area contributed by atoms with Gasteiger partial charge in [-0.2, -0.15) is 9.61 Å². The molecule has 3 N–H and O–H groups in total. The van der Waals surface area contributed by atoms with Gasteiger partial charge in [-0.05, 0) is 35.0 Å². The van der Waals surface area contributed by atoms with E-state index in [1.807, 2.05) is 30.3 Å². The molecule has 9 nitrogen and oxygen atoms in total. The largest absolute Gasteiger partial charge is 0.383 e. The number of carbonyl (C=O) groups excluding carboxylic acids is 2. The van der Waals surface area contributed by atoms with Gasteiger partial charge in [-0.25, -0.2) is 4.98 Å². The number of anilines is 2. The smallest absolute Gasteiger partial charge is 0.248 e. The van der Waals surface area contributed by atoms with Crippen LogP contribution in [0.25, 0.3) is 27.7 Å². The highest BCUT2D eigenvalue weighted by atomic mass is 79.9. The monoisotopic (exact) mass is 511 g/mol. The fourth-order valence-corrected chi connectivity index (χ4v) is 5.14. The van der Waals surface area contributed by atoms with E-state index in [-0.39, 0.29) is 25.8 Å². The summed E-state index contributed by atoms with van der Waals surface area (Å²) in [5.41, 5.74) is 9.36. The number of rotatable bonds is 5. The van der Waals surface area contributed by atoms with E-state index < -0.39 is 0 Å². The predicted molar refractivity (Wildman–Crippen MR) is 129 cm³/mol. The van der Waals surface area contributed by atoms with Crippen molar-refractivity contribution in [3.05, 3.63) is 47.2 Å². The molecule has 1 aliphatic rings.